The number of methoxy groups -OCH3 is 1. The van der Waals surface area contributed by atoms with Gasteiger partial charge in [-0.05, 0) is 37.0 Å². The second-order valence-electron chi connectivity index (χ2n) is 7.11. The Kier molecular flexibility index (Phi) is 6.96. The lowest BCUT2D eigenvalue weighted by atomic mass is 9.69. The van der Waals surface area contributed by atoms with Crippen molar-refractivity contribution in [3.05, 3.63) is 0 Å². The van der Waals surface area contributed by atoms with Crippen molar-refractivity contribution < 1.29 is 9.53 Å². The molecule has 1 amide bonds. The fraction of sp³-hybridized carbons (Fsp3) is 0.938. The van der Waals surface area contributed by atoms with E-state index in [0.717, 1.165) is 12.8 Å². The molecule has 4 heteroatoms. The smallest absolute Gasteiger partial charge is 0.237 e. The molecule has 1 saturated carbocycles. The van der Waals surface area contributed by atoms with Gasteiger partial charge in [0.15, 0.2) is 0 Å². The third-order valence-electron chi connectivity index (χ3n) is 4.41. The normalized spacial score (nSPS) is 25.2. The van der Waals surface area contributed by atoms with E-state index in [2.05, 4.69) is 26.1 Å². The maximum atomic E-state index is 12.2. The van der Waals surface area contributed by atoms with E-state index in [9.17, 15) is 4.79 Å². The van der Waals surface area contributed by atoms with Gasteiger partial charge < -0.3 is 15.8 Å². The van der Waals surface area contributed by atoms with Crippen LogP contribution in [-0.4, -0.2) is 31.7 Å². The van der Waals surface area contributed by atoms with Gasteiger partial charge in [0.2, 0.25) is 5.91 Å². The van der Waals surface area contributed by atoms with Crippen molar-refractivity contribution >= 4 is 5.91 Å². The molecule has 0 saturated heterocycles. The van der Waals surface area contributed by atoms with E-state index in [1.807, 2.05) is 0 Å². The molecule has 118 valence electrons. The van der Waals surface area contributed by atoms with Gasteiger partial charge >= 0.3 is 0 Å². The average molecular weight is 284 g/mol. The highest BCUT2D eigenvalue weighted by Crippen LogP contribution is 2.37. The van der Waals surface area contributed by atoms with E-state index >= 15 is 0 Å². The topological polar surface area (TPSA) is 64.3 Å². The van der Waals surface area contributed by atoms with Gasteiger partial charge in [-0.1, -0.05) is 33.6 Å². The van der Waals surface area contributed by atoms with Crippen molar-refractivity contribution in [2.24, 2.45) is 17.1 Å². The lowest BCUT2D eigenvalue weighted by Gasteiger charge is -2.41. The Morgan fingerprint density at radius 1 is 1.35 bits per heavy atom. The summed E-state index contributed by atoms with van der Waals surface area (Å²) < 4.78 is 5.00. The number of ether oxygens (including phenoxy) is 1. The summed E-state index contributed by atoms with van der Waals surface area (Å²) in [7, 11) is 1.67. The summed E-state index contributed by atoms with van der Waals surface area (Å²) in [4.78, 5) is 12.2. The molecule has 1 fully saturated rings. The van der Waals surface area contributed by atoms with E-state index in [0.29, 0.717) is 18.9 Å². The predicted octanol–water partition coefficient (Wildman–Crippen LogP) is 2.46. The average Bonchev–Trinajstić information content (AvgIpc) is 2.38. The van der Waals surface area contributed by atoms with Crippen LogP contribution in [0.2, 0.25) is 0 Å². The van der Waals surface area contributed by atoms with Gasteiger partial charge in [0.1, 0.15) is 0 Å². The van der Waals surface area contributed by atoms with Crippen LogP contribution in [0, 0.1) is 11.3 Å². The number of carbonyl (C=O) groups excluding carboxylic acids is 1. The molecule has 4 nitrogen and oxygen atoms in total. The highest BCUT2D eigenvalue weighted by molar-refractivity contribution is 5.81. The van der Waals surface area contributed by atoms with Crippen LogP contribution in [-0.2, 0) is 9.53 Å². The fourth-order valence-electron chi connectivity index (χ4n) is 3.21. The Balaban J connectivity index is 2.49. The highest BCUT2D eigenvalue weighted by atomic mass is 16.5. The van der Waals surface area contributed by atoms with Crippen molar-refractivity contribution in [2.45, 2.75) is 71.4 Å². The third kappa shape index (κ3) is 5.41. The summed E-state index contributed by atoms with van der Waals surface area (Å²) in [5.41, 5.74) is 6.20. The van der Waals surface area contributed by atoms with Crippen molar-refractivity contribution in [1.29, 1.82) is 0 Å². The molecule has 3 unspecified atom stereocenters. The summed E-state index contributed by atoms with van der Waals surface area (Å²) in [6, 6.07) is -0.127. The Hall–Kier alpha value is -0.610. The molecule has 3 atom stereocenters. The maximum Gasteiger partial charge on any atom is 0.237 e. The quantitative estimate of drug-likeness (QED) is 0.736. The van der Waals surface area contributed by atoms with Gasteiger partial charge in [-0.2, -0.15) is 0 Å². The molecule has 1 aliphatic rings. The van der Waals surface area contributed by atoms with Gasteiger partial charge in [0.05, 0.1) is 6.04 Å². The molecule has 20 heavy (non-hydrogen) atoms. The minimum atomic E-state index is -0.410. The van der Waals surface area contributed by atoms with Crippen LogP contribution in [0.3, 0.4) is 0 Å². The molecule has 1 aliphatic carbocycles. The second-order valence-corrected chi connectivity index (χ2v) is 7.11. The number of carbonyl (C=O) groups is 1. The molecule has 0 spiro atoms. The molecule has 0 radical (unpaired) electrons. The first kappa shape index (κ1) is 17.4. The van der Waals surface area contributed by atoms with Gasteiger partial charge in [0, 0.05) is 19.8 Å². The van der Waals surface area contributed by atoms with E-state index in [4.69, 9.17) is 10.5 Å². The molecule has 0 aromatic carbocycles. The standard InChI is InChI=1S/C16H32N2O2/c1-16(2,3)12-8-5-6-10-14(12)18-15(19)13(17)9-7-11-20-4/h12-14H,5-11,17H2,1-4H3,(H,18,19). The Morgan fingerprint density at radius 3 is 2.60 bits per heavy atom. The summed E-state index contributed by atoms with van der Waals surface area (Å²) in [6.07, 6.45) is 6.28. The first-order valence-electron chi connectivity index (χ1n) is 7.91. The van der Waals surface area contributed by atoms with Gasteiger partial charge in [0.25, 0.3) is 0 Å². The van der Waals surface area contributed by atoms with Crippen LogP contribution in [0.25, 0.3) is 0 Å². The highest BCUT2D eigenvalue weighted by Gasteiger charge is 2.35. The van der Waals surface area contributed by atoms with Crippen molar-refractivity contribution in [3.8, 4) is 0 Å². The van der Waals surface area contributed by atoms with Crippen LogP contribution in [0.15, 0.2) is 0 Å². The zero-order chi connectivity index (χ0) is 15.2. The predicted molar refractivity (Wildman–Crippen MR) is 82.4 cm³/mol. The monoisotopic (exact) mass is 284 g/mol. The Morgan fingerprint density at radius 2 is 2.00 bits per heavy atom. The van der Waals surface area contributed by atoms with Crippen LogP contribution in [0.4, 0.5) is 0 Å². The minimum absolute atomic E-state index is 0.00209. The number of nitrogens with one attached hydrogen (secondary N) is 1. The molecule has 0 aromatic heterocycles. The van der Waals surface area contributed by atoms with Crippen molar-refractivity contribution in [3.63, 3.8) is 0 Å². The molecule has 0 heterocycles. The van der Waals surface area contributed by atoms with Crippen LogP contribution in [0.1, 0.15) is 59.3 Å². The largest absolute Gasteiger partial charge is 0.385 e. The molecular formula is C16H32N2O2. The minimum Gasteiger partial charge on any atom is -0.385 e. The maximum absolute atomic E-state index is 12.2. The van der Waals surface area contributed by atoms with E-state index in [-0.39, 0.29) is 17.4 Å². The van der Waals surface area contributed by atoms with Gasteiger partial charge in [-0.3, -0.25) is 4.79 Å². The lowest BCUT2D eigenvalue weighted by molar-refractivity contribution is -0.124. The fourth-order valence-corrected chi connectivity index (χ4v) is 3.21. The molecule has 0 aliphatic heterocycles. The van der Waals surface area contributed by atoms with Crippen LogP contribution < -0.4 is 11.1 Å². The molecule has 0 aromatic rings. The third-order valence-corrected chi connectivity index (χ3v) is 4.41. The Bertz CT molecular complexity index is 299. The number of hydrogen-bond donors (Lipinski definition) is 2. The van der Waals surface area contributed by atoms with E-state index in [1.165, 1.54) is 19.3 Å². The lowest BCUT2D eigenvalue weighted by Crippen LogP contribution is -2.51. The number of rotatable bonds is 6. The van der Waals surface area contributed by atoms with Crippen molar-refractivity contribution in [2.75, 3.05) is 13.7 Å². The first-order chi connectivity index (χ1) is 9.36. The summed E-state index contributed by atoms with van der Waals surface area (Å²) >= 11 is 0. The zero-order valence-electron chi connectivity index (χ0n) is 13.6. The van der Waals surface area contributed by atoms with E-state index in [1.54, 1.807) is 7.11 Å². The van der Waals surface area contributed by atoms with Gasteiger partial charge in [-0.25, -0.2) is 0 Å². The number of amides is 1. The summed E-state index contributed by atoms with van der Waals surface area (Å²) in [5, 5.41) is 3.20. The molecular weight excluding hydrogens is 252 g/mol. The van der Waals surface area contributed by atoms with E-state index < -0.39 is 6.04 Å². The van der Waals surface area contributed by atoms with Gasteiger partial charge in [-0.15, -0.1) is 0 Å². The number of hydrogen-bond acceptors (Lipinski definition) is 3. The number of nitrogens with two attached hydrogens (primary N) is 1. The zero-order valence-corrected chi connectivity index (χ0v) is 13.6. The summed E-state index contributed by atoms with van der Waals surface area (Å²) in [6.45, 7) is 7.46. The second kappa shape index (κ2) is 7.99. The molecule has 3 N–H and O–H groups in total. The molecule has 0 bridgehead atoms. The van der Waals surface area contributed by atoms with Crippen molar-refractivity contribution in [1.82, 2.24) is 5.32 Å². The van der Waals surface area contributed by atoms with Crippen LogP contribution >= 0.6 is 0 Å². The SMILES string of the molecule is COCCCC(N)C(=O)NC1CCCCC1C(C)(C)C. The first-order valence-corrected chi connectivity index (χ1v) is 7.91. The summed E-state index contributed by atoms with van der Waals surface area (Å²) in [5.74, 6) is 0.550. The van der Waals surface area contributed by atoms with Crippen LogP contribution in [0.5, 0.6) is 0 Å². The Labute approximate surface area is 123 Å². The molecule has 1 rings (SSSR count).